The van der Waals surface area contributed by atoms with E-state index in [0.717, 1.165) is 30.8 Å². The van der Waals surface area contributed by atoms with Crippen LogP contribution >= 0.6 is 0 Å². The van der Waals surface area contributed by atoms with Crippen molar-refractivity contribution in [2.75, 3.05) is 13.1 Å². The summed E-state index contributed by atoms with van der Waals surface area (Å²) in [6.45, 7) is 1.82. The van der Waals surface area contributed by atoms with Crippen LogP contribution in [-0.2, 0) is 0 Å². The molecule has 0 aromatic rings. The van der Waals surface area contributed by atoms with Gasteiger partial charge in [0, 0.05) is 25.1 Å². The van der Waals surface area contributed by atoms with Crippen molar-refractivity contribution in [2.24, 2.45) is 10.8 Å². The van der Waals surface area contributed by atoms with E-state index < -0.39 is 0 Å². The van der Waals surface area contributed by atoms with E-state index in [9.17, 15) is 0 Å². The number of nitrogens with one attached hydrogen (secondary N) is 1. The summed E-state index contributed by atoms with van der Waals surface area (Å²) in [6.07, 6.45) is 0.958. The Balaban J connectivity index is 2.28. The lowest BCUT2D eigenvalue weighted by atomic mass is 10.1. The number of hydrogen-bond acceptors (Lipinski definition) is 3. The van der Waals surface area contributed by atoms with Crippen LogP contribution in [0.25, 0.3) is 0 Å². The molecule has 2 rings (SSSR count). The zero-order valence-electron chi connectivity index (χ0n) is 5.59. The van der Waals surface area contributed by atoms with Gasteiger partial charge in [-0.2, -0.15) is 5.43 Å². The second kappa shape index (κ2) is 1.98. The molecule has 53 valence electrons. The maximum Gasteiger partial charge on any atom is 0.152 e. The van der Waals surface area contributed by atoms with Gasteiger partial charge in [-0.15, -0.1) is 5.10 Å². The highest BCUT2D eigenvalue weighted by Crippen LogP contribution is 2.15. The fourth-order valence-corrected chi connectivity index (χ4v) is 1.20. The monoisotopic (exact) mass is 137 g/mol. The first-order chi connectivity index (χ1) is 4.88. The Morgan fingerprint density at radius 2 is 2.40 bits per heavy atom. The van der Waals surface area contributed by atoms with Crippen LogP contribution in [0.2, 0.25) is 0 Å². The van der Waals surface area contributed by atoms with E-state index in [0.29, 0.717) is 5.84 Å². The Hall–Kier alpha value is -1.03. The van der Waals surface area contributed by atoms with Gasteiger partial charge in [0.05, 0.1) is 5.70 Å². The zero-order valence-corrected chi connectivity index (χ0v) is 5.59. The second-order valence-electron chi connectivity index (χ2n) is 2.44. The van der Waals surface area contributed by atoms with Gasteiger partial charge in [0.25, 0.3) is 0 Å². The Labute approximate surface area is 59.2 Å². The van der Waals surface area contributed by atoms with Crippen molar-refractivity contribution in [3.8, 4) is 0 Å². The van der Waals surface area contributed by atoms with Crippen LogP contribution in [-0.4, -0.2) is 18.9 Å². The molecule has 0 atom stereocenters. The van der Waals surface area contributed by atoms with Crippen molar-refractivity contribution in [2.45, 2.75) is 6.42 Å². The fraction of sp³-hybridized carbons (Fsp3) is 0.500. The molecule has 4 nitrogen and oxygen atoms in total. The molecule has 0 unspecified atom stereocenters. The van der Waals surface area contributed by atoms with Crippen LogP contribution in [0.5, 0.6) is 0 Å². The molecule has 10 heavy (non-hydrogen) atoms. The molecule has 0 saturated carbocycles. The highest BCUT2D eigenvalue weighted by molar-refractivity contribution is 5.99. The van der Waals surface area contributed by atoms with E-state index >= 15 is 0 Å². The molecule has 0 bridgehead atoms. The second-order valence-corrected chi connectivity index (χ2v) is 2.44. The van der Waals surface area contributed by atoms with E-state index in [1.165, 1.54) is 0 Å². The molecule has 2 heterocycles. The molecule has 0 amide bonds. The van der Waals surface area contributed by atoms with Crippen LogP contribution in [0.3, 0.4) is 0 Å². The Kier molecular flexibility index (Phi) is 1.14. The minimum Gasteiger partial charge on any atom is -0.382 e. The molecular formula is C6H9N4. The van der Waals surface area contributed by atoms with Crippen LogP contribution in [0.4, 0.5) is 0 Å². The minimum atomic E-state index is 0.585. The minimum absolute atomic E-state index is 0.585. The maximum atomic E-state index is 5.55. The highest BCUT2D eigenvalue weighted by Gasteiger charge is 2.20. The molecule has 2 aliphatic rings. The molecule has 4 heteroatoms. The lowest BCUT2D eigenvalue weighted by Crippen LogP contribution is -2.29. The van der Waals surface area contributed by atoms with E-state index in [1.54, 1.807) is 0 Å². The Morgan fingerprint density at radius 3 is 3.20 bits per heavy atom. The zero-order chi connectivity index (χ0) is 6.97. The number of nitrogens with zero attached hydrogens (tertiary/aromatic N) is 2. The first-order valence-electron chi connectivity index (χ1n) is 3.35. The van der Waals surface area contributed by atoms with Gasteiger partial charge in [0.2, 0.25) is 0 Å². The van der Waals surface area contributed by atoms with E-state index in [2.05, 4.69) is 15.8 Å². The van der Waals surface area contributed by atoms with Crippen molar-refractivity contribution < 1.29 is 0 Å². The fourth-order valence-electron chi connectivity index (χ4n) is 1.20. The summed E-state index contributed by atoms with van der Waals surface area (Å²) in [5, 5.41) is 6.99. The van der Waals surface area contributed by atoms with Gasteiger partial charge in [-0.3, -0.25) is 0 Å². The topological polar surface area (TPSA) is 64.5 Å². The first kappa shape index (κ1) is 5.73. The number of amidine groups is 1. The lowest BCUT2D eigenvalue weighted by Gasteiger charge is -2.12. The molecule has 0 fully saturated rings. The summed E-state index contributed by atoms with van der Waals surface area (Å²) in [5.74, 6) is 0.585. The first-order valence-corrected chi connectivity index (χ1v) is 3.35. The van der Waals surface area contributed by atoms with Crippen LogP contribution < -0.4 is 16.5 Å². The molecular weight excluding hydrogens is 128 g/mol. The highest BCUT2D eigenvalue weighted by atomic mass is 15.3. The van der Waals surface area contributed by atoms with Crippen molar-refractivity contribution in [3.63, 3.8) is 0 Å². The molecule has 3 N–H and O–H groups in total. The smallest absolute Gasteiger partial charge is 0.152 e. The lowest BCUT2D eigenvalue weighted by molar-refractivity contribution is 0.658. The largest absolute Gasteiger partial charge is 0.382 e. The molecule has 0 aromatic heterocycles. The number of rotatable bonds is 0. The summed E-state index contributed by atoms with van der Waals surface area (Å²) < 4.78 is 0. The standard InChI is InChI=1S/C6H9N4/c7-6-4-3-8-2-1-5(4)9-10-6/h8H,1-3H2,(H2,7,10). The van der Waals surface area contributed by atoms with Gasteiger partial charge in [0.1, 0.15) is 0 Å². The molecule has 0 aliphatic carbocycles. The van der Waals surface area contributed by atoms with Crippen molar-refractivity contribution >= 4 is 5.84 Å². The predicted octanol–water partition coefficient (Wildman–Crippen LogP) is -0.876. The van der Waals surface area contributed by atoms with Gasteiger partial charge >= 0.3 is 0 Å². The maximum absolute atomic E-state index is 5.55. The summed E-state index contributed by atoms with van der Waals surface area (Å²) in [5.41, 5.74) is 11.6. The van der Waals surface area contributed by atoms with E-state index in [4.69, 9.17) is 5.73 Å². The van der Waals surface area contributed by atoms with E-state index in [1.807, 2.05) is 0 Å². The third-order valence-electron chi connectivity index (χ3n) is 1.78. The number of hydrogen-bond donors (Lipinski definition) is 2. The molecule has 0 saturated heterocycles. The van der Waals surface area contributed by atoms with Crippen LogP contribution in [0, 0.1) is 0 Å². The van der Waals surface area contributed by atoms with Crippen molar-refractivity contribution in [1.82, 2.24) is 10.7 Å². The Bertz CT molecular complexity index is 216. The van der Waals surface area contributed by atoms with Gasteiger partial charge in [0.15, 0.2) is 5.84 Å². The Morgan fingerprint density at radius 1 is 1.50 bits per heavy atom. The van der Waals surface area contributed by atoms with Gasteiger partial charge in [-0.25, -0.2) is 0 Å². The summed E-state index contributed by atoms with van der Waals surface area (Å²) in [7, 11) is 0. The quantitative estimate of drug-likeness (QED) is 0.455. The third kappa shape index (κ3) is 0.690. The average molecular weight is 137 g/mol. The van der Waals surface area contributed by atoms with Gasteiger partial charge in [-0.05, 0) is 0 Å². The predicted molar refractivity (Wildman–Crippen MR) is 38.3 cm³/mol. The molecule has 2 aliphatic heterocycles. The summed E-state index contributed by atoms with van der Waals surface area (Å²) in [4.78, 5) is 0. The van der Waals surface area contributed by atoms with Gasteiger partial charge < -0.3 is 11.1 Å². The average Bonchev–Trinajstić information content (AvgIpc) is 2.34. The molecule has 0 aromatic carbocycles. The molecule has 0 spiro atoms. The van der Waals surface area contributed by atoms with Crippen LogP contribution in [0.1, 0.15) is 6.42 Å². The summed E-state index contributed by atoms with van der Waals surface area (Å²) in [6, 6.07) is 0. The van der Waals surface area contributed by atoms with Gasteiger partial charge in [-0.1, -0.05) is 0 Å². The molecule has 1 radical (unpaired) electrons. The SMILES string of the molecule is NC1=N[N]C2=C1CNCC2. The van der Waals surface area contributed by atoms with Crippen molar-refractivity contribution in [1.29, 1.82) is 0 Å². The van der Waals surface area contributed by atoms with Crippen molar-refractivity contribution in [3.05, 3.63) is 11.3 Å². The normalized spacial score (nSPS) is 23.8. The van der Waals surface area contributed by atoms with Crippen LogP contribution in [0.15, 0.2) is 16.4 Å². The summed E-state index contributed by atoms with van der Waals surface area (Å²) >= 11 is 0. The van der Waals surface area contributed by atoms with E-state index in [-0.39, 0.29) is 0 Å². The third-order valence-corrected chi connectivity index (χ3v) is 1.78. The number of nitrogens with two attached hydrogens (primary N) is 1.